The Labute approximate surface area is 158 Å². The summed E-state index contributed by atoms with van der Waals surface area (Å²) in [5.74, 6) is -0.388. The van der Waals surface area contributed by atoms with Crippen LogP contribution in [0.3, 0.4) is 0 Å². The molecule has 0 aliphatic heterocycles. The lowest BCUT2D eigenvalue weighted by atomic mass is 9.74. The number of ketones is 1. The number of allylic oxidation sites excluding steroid dienone is 2. The molecule has 0 aromatic heterocycles. The zero-order valence-electron chi connectivity index (χ0n) is 15.2. The molecule has 0 spiro atoms. The molecule has 0 bridgehead atoms. The van der Waals surface area contributed by atoms with Crippen LogP contribution in [-0.2, 0) is 11.2 Å². The first-order chi connectivity index (χ1) is 12.2. The molecule has 0 unspecified atom stereocenters. The van der Waals surface area contributed by atoms with E-state index < -0.39 is 11.2 Å². The van der Waals surface area contributed by atoms with Gasteiger partial charge in [-0.3, -0.25) is 4.79 Å². The number of benzene rings is 2. The molecular formula is C22H22ClFO2. The van der Waals surface area contributed by atoms with Gasteiger partial charge in [-0.1, -0.05) is 50.6 Å². The lowest BCUT2D eigenvalue weighted by molar-refractivity contribution is -0.115. The average molecular weight is 373 g/mol. The van der Waals surface area contributed by atoms with Gasteiger partial charge in [-0.2, -0.15) is 0 Å². The Kier molecular flexibility index (Phi) is 4.94. The molecule has 26 heavy (non-hydrogen) atoms. The molecule has 136 valence electrons. The lowest BCUT2D eigenvalue weighted by Gasteiger charge is -2.31. The smallest absolute Gasteiger partial charge is 0.166 e. The van der Waals surface area contributed by atoms with Crippen LogP contribution >= 0.6 is 11.6 Å². The Morgan fingerprint density at radius 2 is 1.81 bits per heavy atom. The van der Waals surface area contributed by atoms with E-state index in [1.54, 1.807) is 6.07 Å². The fourth-order valence-corrected chi connectivity index (χ4v) is 3.51. The highest BCUT2D eigenvalue weighted by Crippen LogP contribution is 2.42. The van der Waals surface area contributed by atoms with E-state index >= 15 is 0 Å². The summed E-state index contributed by atoms with van der Waals surface area (Å²) in [6.45, 7) is 5.90. The second kappa shape index (κ2) is 6.88. The van der Waals surface area contributed by atoms with E-state index in [4.69, 9.17) is 11.6 Å². The van der Waals surface area contributed by atoms with Crippen molar-refractivity contribution in [3.63, 3.8) is 0 Å². The van der Waals surface area contributed by atoms with Gasteiger partial charge in [0, 0.05) is 11.8 Å². The summed E-state index contributed by atoms with van der Waals surface area (Å²) in [6.07, 6.45) is 1.77. The lowest BCUT2D eigenvalue weighted by Crippen LogP contribution is -2.25. The maximum atomic E-state index is 13.9. The predicted octanol–water partition coefficient (Wildman–Crippen LogP) is 6.37. The molecule has 0 saturated carbocycles. The summed E-state index contributed by atoms with van der Waals surface area (Å²) in [7, 11) is 0. The van der Waals surface area contributed by atoms with Gasteiger partial charge in [-0.05, 0) is 53.3 Å². The summed E-state index contributed by atoms with van der Waals surface area (Å²) in [5.41, 5.74) is 3.14. The molecule has 3 rings (SSSR count). The largest absolute Gasteiger partial charge is 0.511 e. The second-order valence-corrected chi connectivity index (χ2v) is 7.79. The molecular weight excluding hydrogens is 351 g/mol. The monoisotopic (exact) mass is 372 g/mol. The van der Waals surface area contributed by atoms with Gasteiger partial charge in [0.1, 0.15) is 11.6 Å². The normalized spacial score (nSPS) is 16.9. The number of hydrogen-bond donors (Lipinski definition) is 1. The Hall–Kier alpha value is -2.13. The molecule has 4 heteroatoms. The molecule has 0 saturated heterocycles. The number of aliphatic hydroxyl groups excluding tert-OH is 1. The maximum Gasteiger partial charge on any atom is 0.166 e. The minimum absolute atomic E-state index is 0.0454. The quantitative estimate of drug-likeness (QED) is 0.679. The number of halogens is 2. The molecule has 0 amide bonds. The van der Waals surface area contributed by atoms with Crippen LogP contribution in [0.15, 0.2) is 42.2 Å². The molecule has 2 nitrogen and oxygen atoms in total. The number of rotatable bonds is 3. The third kappa shape index (κ3) is 3.28. The van der Waals surface area contributed by atoms with Gasteiger partial charge >= 0.3 is 0 Å². The van der Waals surface area contributed by atoms with E-state index in [1.165, 1.54) is 12.1 Å². The minimum Gasteiger partial charge on any atom is -0.511 e. The van der Waals surface area contributed by atoms with E-state index in [2.05, 4.69) is 0 Å². The number of carbonyl (C=O) groups is 1. The molecule has 0 fully saturated rings. The highest BCUT2D eigenvalue weighted by molar-refractivity contribution is 6.30. The zero-order valence-corrected chi connectivity index (χ0v) is 16.0. The first-order valence-electron chi connectivity index (χ1n) is 8.80. The highest BCUT2D eigenvalue weighted by Gasteiger charge is 2.35. The summed E-state index contributed by atoms with van der Waals surface area (Å²) >= 11 is 5.78. The van der Waals surface area contributed by atoms with Crippen LogP contribution in [-0.4, -0.2) is 10.9 Å². The zero-order chi connectivity index (χ0) is 19.1. The molecule has 0 radical (unpaired) electrons. The van der Waals surface area contributed by atoms with Gasteiger partial charge < -0.3 is 5.11 Å². The number of Topliss-reactive ketones (excluding diaryl/α,β-unsaturated/α-hetero) is 1. The topological polar surface area (TPSA) is 37.3 Å². The van der Waals surface area contributed by atoms with E-state index in [0.29, 0.717) is 24.0 Å². The highest BCUT2D eigenvalue weighted by atomic mass is 35.5. The van der Waals surface area contributed by atoms with Crippen LogP contribution in [0, 0.1) is 11.2 Å². The molecule has 2 aromatic carbocycles. The maximum absolute atomic E-state index is 13.9. The number of aliphatic hydroxyl groups is 1. The van der Waals surface area contributed by atoms with Gasteiger partial charge in [0.25, 0.3) is 0 Å². The fraction of sp³-hybridized carbons (Fsp3) is 0.318. The van der Waals surface area contributed by atoms with E-state index in [1.807, 2.05) is 39.0 Å². The summed E-state index contributed by atoms with van der Waals surface area (Å²) in [4.78, 5) is 12.6. The molecule has 1 aliphatic carbocycles. The van der Waals surface area contributed by atoms with Crippen LogP contribution in [0.1, 0.15) is 44.7 Å². The Morgan fingerprint density at radius 1 is 1.15 bits per heavy atom. The number of hydrogen-bond acceptors (Lipinski definition) is 2. The van der Waals surface area contributed by atoms with E-state index in [9.17, 15) is 14.3 Å². The van der Waals surface area contributed by atoms with Crippen LogP contribution in [0.4, 0.5) is 4.39 Å². The SMILES string of the molecule is CCc1ccc(-c2ccc(Cl)c(F)c2)cc1C1=C(O)C(C)(C)CCC1=O. The number of aryl methyl sites for hydroxylation is 1. The van der Waals surface area contributed by atoms with Crippen molar-refractivity contribution in [2.75, 3.05) is 0 Å². The minimum atomic E-state index is -0.484. The third-order valence-electron chi connectivity index (χ3n) is 5.15. The van der Waals surface area contributed by atoms with Gasteiger partial charge in [-0.25, -0.2) is 4.39 Å². The van der Waals surface area contributed by atoms with E-state index in [-0.39, 0.29) is 16.6 Å². The molecule has 2 aromatic rings. The van der Waals surface area contributed by atoms with Crippen molar-refractivity contribution in [1.29, 1.82) is 0 Å². The van der Waals surface area contributed by atoms with Crippen LogP contribution < -0.4 is 0 Å². The molecule has 0 heterocycles. The van der Waals surface area contributed by atoms with Crippen LogP contribution in [0.5, 0.6) is 0 Å². The summed E-state index contributed by atoms with van der Waals surface area (Å²) < 4.78 is 13.9. The standard InChI is InChI=1S/C22H22ClFO2/c1-4-13-5-6-14(15-7-8-17(23)18(24)12-15)11-16(13)20-19(25)9-10-22(2,3)21(20)26/h5-8,11-12,26H,4,9-10H2,1-3H3. The van der Waals surface area contributed by atoms with Gasteiger partial charge in [-0.15, -0.1) is 0 Å². The van der Waals surface area contributed by atoms with Crippen LogP contribution in [0.25, 0.3) is 16.7 Å². The molecule has 0 atom stereocenters. The van der Waals surface area contributed by atoms with Crippen molar-refractivity contribution in [3.05, 3.63) is 64.1 Å². The average Bonchev–Trinajstić information content (AvgIpc) is 2.61. The van der Waals surface area contributed by atoms with Crippen molar-refractivity contribution in [2.24, 2.45) is 5.41 Å². The Bertz CT molecular complexity index is 912. The predicted molar refractivity (Wildman–Crippen MR) is 104 cm³/mol. The first kappa shape index (κ1) is 18.7. The molecule has 1 aliphatic rings. The van der Waals surface area contributed by atoms with Crippen LogP contribution in [0.2, 0.25) is 5.02 Å². The van der Waals surface area contributed by atoms with E-state index in [0.717, 1.165) is 23.1 Å². The van der Waals surface area contributed by atoms with Gasteiger partial charge in [0.2, 0.25) is 0 Å². The Morgan fingerprint density at radius 3 is 2.46 bits per heavy atom. The van der Waals surface area contributed by atoms with Crippen molar-refractivity contribution in [2.45, 2.75) is 40.0 Å². The van der Waals surface area contributed by atoms with Crippen molar-refractivity contribution >= 4 is 23.0 Å². The Balaban J connectivity index is 2.20. The third-order valence-corrected chi connectivity index (χ3v) is 5.45. The van der Waals surface area contributed by atoms with Crippen molar-refractivity contribution in [3.8, 4) is 11.1 Å². The number of carbonyl (C=O) groups excluding carboxylic acids is 1. The second-order valence-electron chi connectivity index (χ2n) is 7.39. The van der Waals surface area contributed by atoms with Crippen molar-refractivity contribution in [1.82, 2.24) is 0 Å². The summed E-state index contributed by atoms with van der Waals surface area (Å²) in [6, 6.07) is 10.4. The first-order valence-corrected chi connectivity index (χ1v) is 9.18. The van der Waals surface area contributed by atoms with Crippen molar-refractivity contribution < 1.29 is 14.3 Å². The molecule has 1 N–H and O–H groups in total. The van der Waals surface area contributed by atoms with Gasteiger partial charge in [0.15, 0.2) is 5.78 Å². The van der Waals surface area contributed by atoms with Gasteiger partial charge in [0.05, 0.1) is 10.6 Å². The summed E-state index contributed by atoms with van der Waals surface area (Å²) in [5, 5.41) is 10.8. The fourth-order valence-electron chi connectivity index (χ4n) is 3.39.